The molecule has 1 aromatic heterocycles. The summed E-state index contributed by atoms with van der Waals surface area (Å²) in [5, 5.41) is 5.73. The lowest BCUT2D eigenvalue weighted by molar-refractivity contribution is 0.669. The molecule has 0 amide bonds. The Labute approximate surface area is 292 Å². The van der Waals surface area contributed by atoms with E-state index in [9.17, 15) is 0 Å². The minimum atomic E-state index is -0.433. The van der Waals surface area contributed by atoms with E-state index in [0.717, 1.165) is 16.7 Å². The summed E-state index contributed by atoms with van der Waals surface area (Å²) >= 11 is 0. The highest BCUT2D eigenvalue weighted by molar-refractivity contribution is 6.21. The molecule has 0 atom stereocenters. The van der Waals surface area contributed by atoms with E-state index in [2.05, 4.69) is 121 Å². The van der Waals surface area contributed by atoms with Crippen molar-refractivity contribution in [3.63, 3.8) is 0 Å². The van der Waals surface area contributed by atoms with E-state index in [1.165, 1.54) is 49.4 Å². The molecule has 1 heteroatoms. The van der Waals surface area contributed by atoms with E-state index in [1.807, 2.05) is 24.3 Å². The Bertz CT molecular complexity index is 3130. The van der Waals surface area contributed by atoms with Gasteiger partial charge in [0.05, 0.1) is 8.22 Å². The third kappa shape index (κ3) is 4.55. The molecule has 1 nitrogen and oxygen atoms in total. The van der Waals surface area contributed by atoms with Gasteiger partial charge in [0, 0.05) is 10.8 Å². The molecule has 0 spiro atoms. The molecule has 0 aliphatic rings. The molecule has 9 aromatic carbocycles. The smallest absolute Gasteiger partial charge is 0.136 e. The van der Waals surface area contributed by atoms with Crippen LogP contribution in [0.5, 0.6) is 0 Å². The first-order chi connectivity index (χ1) is 26.8. The van der Waals surface area contributed by atoms with Gasteiger partial charge in [-0.15, -0.1) is 0 Å². The summed E-state index contributed by atoms with van der Waals surface area (Å²) in [6, 6.07) is 49.0. The van der Waals surface area contributed by atoms with Crippen LogP contribution in [0.1, 0.15) is 8.22 Å². The molecule has 0 aliphatic carbocycles. The van der Waals surface area contributed by atoms with E-state index in [-0.39, 0.29) is 40.5 Å². The van der Waals surface area contributed by atoms with Crippen molar-refractivity contribution >= 4 is 54.3 Å². The predicted octanol–water partition coefficient (Wildman–Crippen LogP) is 13.7. The number of rotatable bonds is 4. The number of furan rings is 1. The second-order valence-electron chi connectivity index (χ2n) is 12.4. The Kier molecular flexibility index (Phi) is 5.02. The first kappa shape index (κ1) is 22.2. The van der Waals surface area contributed by atoms with Gasteiger partial charge in [0.25, 0.3) is 0 Å². The van der Waals surface area contributed by atoms with Crippen LogP contribution in [0.2, 0.25) is 0 Å². The van der Waals surface area contributed by atoms with Gasteiger partial charge < -0.3 is 4.42 Å². The normalized spacial score (nSPS) is 13.4. The number of fused-ring (bicyclic) bond motifs is 6. The molecule has 0 unspecified atom stereocenters. The van der Waals surface area contributed by atoms with Crippen LogP contribution in [0, 0.1) is 0 Å². The van der Waals surface area contributed by atoms with Crippen molar-refractivity contribution in [2.24, 2.45) is 0 Å². The van der Waals surface area contributed by atoms with E-state index < -0.39 is 12.1 Å². The van der Waals surface area contributed by atoms with Crippen LogP contribution in [0.15, 0.2) is 186 Å². The molecule has 10 rings (SSSR count). The first-order valence-corrected chi connectivity index (χ1v) is 16.4. The monoisotopic (exact) mass is 628 g/mol. The minimum Gasteiger partial charge on any atom is -0.456 e. The van der Waals surface area contributed by atoms with Crippen LogP contribution in [0.3, 0.4) is 0 Å². The fourth-order valence-electron chi connectivity index (χ4n) is 7.27. The molecular weight excluding hydrogens is 593 g/mol. The molecule has 0 saturated heterocycles. The van der Waals surface area contributed by atoms with Crippen LogP contribution in [-0.2, 0) is 0 Å². The van der Waals surface area contributed by atoms with Crippen molar-refractivity contribution in [2.75, 3.05) is 0 Å². The van der Waals surface area contributed by atoms with Gasteiger partial charge in [0.1, 0.15) is 11.2 Å². The standard InChI is InChI=1S/C48H30O/c1-2-10-31(11-3-1)32-18-22-34(23-19-32)47-40-14-6-8-16-42(40)48(43-17-9-7-15-41(43)47)35-24-20-33(21-25-35)38-26-27-39-44-28-36-12-4-5-13-37(36)29-46(44)49-45(39)30-38/h1-30H/i4D,5D,12D,13D,28D,29D. The quantitative estimate of drug-likeness (QED) is 0.177. The lowest BCUT2D eigenvalue weighted by atomic mass is 9.85. The van der Waals surface area contributed by atoms with Gasteiger partial charge in [-0.05, 0) is 101 Å². The Morgan fingerprint density at radius 1 is 0.347 bits per heavy atom. The molecule has 0 radical (unpaired) electrons. The summed E-state index contributed by atoms with van der Waals surface area (Å²) in [5.74, 6) is 0. The molecule has 10 aromatic rings. The summed E-state index contributed by atoms with van der Waals surface area (Å²) < 4.78 is 57.3. The number of benzene rings is 9. The van der Waals surface area contributed by atoms with E-state index >= 15 is 0 Å². The van der Waals surface area contributed by atoms with Crippen LogP contribution in [0.4, 0.5) is 0 Å². The molecule has 0 aliphatic heterocycles. The van der Waals surface area contributed by atoms with Crippen molar-refractivity contribution in [3.8, 4) is 44.5 Å². The van der Waals surface area contributed by atoms with Crippen LogP contribution in [-0.4, -0.2) is 0 Å². The summed E-state index contributed by atoms with van der Waals surface area (Å²) in [6.07, 6.45) is 0. The first-order valence-electron chi connectivity index (χ1n) is 19.4. The Balaban J connectivity index is 1.08. The highest BCUT2D eigenvalue weighted by Crippen LogP contribution is 2.44. The molecule has 0 fully saturated rings. The molecule has 0 N–H and O–H groups in total. The maximum absolute atomic E-state index is 8.98. The van der Waals surface area contributed by atoms with Crippen molar-refractivity contribution in [2.45, 2.75) is 0 Å². The van der Waals surface area contributed by atoms with E-state index in [1.54, 1.807) is 0 Å². The molecule has 49 heavy (non-hydrogen) atoms. The SMILES string of the molecule is [2H]c1c([2H])c([2H])c2c([2H])c3c(oc4cc(-c5ccc(-c6c7ccccc7c(-c7ccc(-c8ccccc8)cc7)c7ccccc67)cc5)ccc43)c([2H])c2c1[2H]. The summed E-state index contributed by atoms with van der Waals surface area (Å²) in [4.78, 5) is 0. The Hall–Kier alpha value is -6.44. The number of hydrogen-bond acceptors (Lipinski definition) is 1. The van der Waals surface area contributed by atoms with Gasteiger partial charge in [0.15, 0.2) is 0 Å². The fourth-order valence-corrected chi connectivity index (χ4v) is 7.27. The van der Waals surface area contributed by atoms with Crippen molar-refractivity contribution in [1.82, 2.24) is 0 Å². The van der Waals surface area contributed by atoms with E-state index in [4.69, 9.17) is 12.6 Å². The highest BCUT2D eigenvalue weighted by Gasteiger charge is 2.17. The maximum Gasteiger partial charge on any atom is 0.136 e. The summed E-state index contributed by atoms with van der Waals surface area (Å²) in [5.41, 5.74) is 9.50. The van der Waals surface area contributed by atoms with Crippen LogP contribution in [0.25, 0.3) is 98.8 Å². The molecule has 1 heterocycles. The predicted molar refractivity (Wildman–Crippen MR) is 208 cm³/mol. The average molecular weight is 629 g/mol. The van der Waals surface area contributed by atoms with Crippen molar-refractivity contribution < 1.29 is 12.6 Å². The van der Waals surface area contributed by atoms with E-state index in [0.29, 0.717) is 16.4 Å². The van der Waals surface area contributed by atoms with Crippen molar-refractivity contribution in [1.29, 1.82) is 0 Å². The second kappa shape index (κ2) is 11.1. The average Bonchev–Trinajstić information content (AvgIpc) is 3.63. The van der Waals surface area contributed by atoms with Gasteiger partial charge >= 0.3 is 0 Å². The minimum absolute atomic E-state index is 0.00702. The highest BCUT2D eigenvalue weighted by atomic mass is 16.3. The zero-order valence-electron chi connectivity index (χ0n) is 32.3. The zero-order chi connectivity index (χ0) is 37.5. The topological polar surface area (TPSA) is 13.1 Å². The maximum atomic E-state index is 8.98. The van der Waals surface area contributed by atoms with Gasteiger partial charge in [-0.25, -0.2) is 0 Å². The third-order valence-corrected chi connectivity index (χ3v) is 9.59. The Morgan fingerprint density at radius 2 is 0.796 bits per heavy atom. The zero-order valence-corrected chi connectivity index (χ0v) is 26.3. The van der Waals surface area contributed by atoms with Crippen LogP contribution < -0.4 is 0 Å². The van der Waals surface area contributed by atoms with Gasteiger partial charge in [-0.3, -0.25) is 0 Å². The third-order valence-electron chi connectivity index (χ3n) is 9.59. The van der Waals surface area contributed by atoms with Gasteiger partial charge in [-0.2, -0.15) is 0 Å². The molecule has 0 saturated carbocycles. The number of hydrogen-bond donors (Lipinski definition) is 0. The Morgan fingerprint density at radius 3 is 1.37 bits per heavy atom. The molecule has 0 bridgehead atoms. The van der Waals surface area contributed by atoms with Gasteiger partial charge in [0.2, 0.25) is 0 Å². The molecule has 228 valence electrons. The van der Waals surface area contributed by atoms with Crippen LogP contribution >= 0.6 is 0 Å². The van der Waals surface area contributed by atoms with Gasteiger partial charge in [-0.1, -0.05) is 158 Å². The summed E-state index contributed by atoms with van der Waals surface area (Å²) in [6.45, 7) is 0. The second-order valence-corrected chi connectivity index (χ2v) is 12.4. The van der Waals surface area contributed by atoms with Crippen molar-refractivity contribution in [3.05, 3.63) is 182 Å². The summed E-state index contributed by atoms with van der Waals surface area (Å²) in [7, 11) is 0. The fraction of sp³-hybridized carbons (Fsp3) is 0. The largest absolute Gasteiger partial charge is 0.456 e. The molecular formula is C48H30O. The lowest BCUT2D eigenvalue weighted by Crippen LogP contribution is -1.91. The lowest BCUT2D eigenvalue weighted by Gasteiger charge is -2.18.